The molecule has 12 heteroatoms. The summed E-state index contributed by atoms with van der Waals surface area (Å²) in [5.74, 6) is -1.48. The summed E-state index contributed by atoms with van der Waals surface area (Å²) in [5, 5.41) is 27.8. The summed E-state index contributed by atoms with van der Waals surface area (Å²) in [6.07, 6.45) is -3.40. The van der Waals surface area contributed by atoms with E-state index in [1.165, 1.54) is 12.3 Å². The number of esters is 1. The third-order valence-electron chi connectivity index (χ3n) is 4.45. The lowest BCUT2D eigenvalue weighted by molar-refractivity contribution is -0.151. The zero-order chi connectivity index (χ0) is 23.8. The zero-order valence-corrected chi connectivity index (χ0v) is 17.3. The molecule has 0 unspecified atom stereocenters. The van der Waals surface area contributed by atoms with Crippen LogP contribution in [0.15, 0.2) is 47.4 Å². The minimum Gasteiger partial charge on any atom is -0.481 e. The number of aliphatic hydroxyl groups excluding tert-OH is 2. The predicted molar refractivity (Wildman–Crippen MR) is 111 cm³/mol. The van der Waals surface area contributed by atoms with Gasteiger partial charge in [0.05, 0.1) is 0 Å². The van der Waals surface area contributed by atoms with Crippen LogP contribution in [0.1, 0.15) is 18.7 Å². The molecule has 0 radical (unpaired) electrons. The Hall–Kier alpha value is -3.32. The molecule has 32 heavy (non-hydrogen) atoms. The molecule has 7 N–H and O–H groups in total. The molecule has 2 aromatic rings. The second kappa shape index (κ2) is 11.3. The standard InChI is InChI=1S/C18H22N4O6.C2H4O2/c19-11(8-10-4-2-1-3-5-10)17(25)27-9-12-14(23)15(24)16(28-12)22-7-6-13(20)21-18(22)26;1-2(3)4/h1-7,11-12,14-16,23-24H,8-9,19H2,(H2,20,21,26);1H3,(H,3,4)/t11-,12-,14-,15+,16-;/m1./s1. The second-order valence-corrected chi connectivity index (χ2v) is 7.03. The van der Waals surface area contributed by atoms with E-state index in [4.69, 9.17) is 30.8 Å². The molecule has 1 aliphatic heterocycles. The summed E-state index contributed by atoms with van der Waals surface area (Å²) in [6, 6.07) is 9.70. The minimum atomic E-state index is -1.41. The fourth-order valence-electron chi connectivity index (χ4n) is 2.94. The molecule has 1 aromatic carbocycles. The number of benzene rings is 1. The topological polar surface area (TPSA) is 200 Å². The average molecular weight is 450 g/mol. The Labute approximate surface area is 183 Å². The van der Waals surface area contributed by atoms with Gasteiger partial charge in [0.15, 0.2) is 6.23 Å². The van der Waals surface area contributed by atoms with Gasteiger partial charge in [-0.05, 0) is 18.1 Å². The third-order valence-corrected chi connectivity index (χ3v) is 4.45. The lowest BCUT2D eigenvalue weighted by Crippen LogP contribution is -2.39. The average Bonchev–Trinajstić information content (AvgIpc) is 3.00. The van der Waals surface area contributed by atoms with Gasteiger partial charge in [0, 0.05) is 13.1 Å². The molecular formula is C20H26N4O8. The van der Waals surface area contributed by atoms with Crippen LogP contribution >= 0.6 is 0 Å². The van der Waals surface area contributed by atoms with Gasteiger partial charge in [-0.3, -0.25) is 14.2 Å². The van der Waals surface area contributed by atoms with Crippen LogP contribution in [-0.4, -0.2) is 67.8 Å². The Morgan fingerprint density at radius 3 is 2.44 bits per heavy atom. The number of ether oxygens (including phenoxy) is 2. The number of rotatable bonds is 6. The predicted octanol–water partition coefficient (Wildman–Crippen LogP) is -1.35. The normalized spacial score (nSPS) is 23.0. The maximum Gasteiger partial charge on any atom is 0.351 e. The number of carboxylic acid groups (broad SMARTS) is 1. The number of anilines is 1. The molecule has 174 valence electrons. The number of aromatic nitrogens is 2. The molecule has 1 aromatic heterocycles. The summed E-state index contributed by atoms with van der Waals surface area (Å²) in [6.45, 7) is 0.757. The first-order valence-electron chi connectivity index (χ1n) is 9.62. The maximum atomic E-state index is 12.1. The van der Waals surface area contributed by atoms with E-state index in [0.29, 0.717) is 6.42 Å². The van der Waals surface area contributed by atoms with Crippen LogP contribution in [0.4, 0.5) is 5.82 Å². The number of hydrogen-bond acceptors (Lipinski definition) is 10. The quantitative estimate of drug-likeness (QED) is 0.326. The Morgan fingerprint density at radius 2 is 1.84 bits per heavy atom. The molecule has 5 atom stereocenters. The number of carboxylic acids is 1. The highest BCUT2D eigenvalue weighted by Crippen LogP contribution is 2.28. The highest BCUT2D eigenvalue weighted by molar-refractivity contribution is 5.75. The van der Waals surface area contributed by atoms with Crippen molar-refractivity contribution in [3.63, 3.8) is 0 Å². The van der Waals surface area contributed by atoms with Crippen molar-refractivity contribution < 1.29 is 34.4 Å². The van der Waals surface area contributed by atoms with Crippen LogP contribution in [0, 0.1) is 0 Å². The van der Waals surface area contributed by atoms with Crippen LogP contribution in [0.25, 0.3) is 0 Å². The van der Waals surface area contributed by atoms with E-state index in [1.54, 1.807) is 0 Å². The Balaban J connectivity index is 0.000000837. The molecule has 0 amide bonds. The van der Waals surface area contributed by atoms with E-state index in [-0.39, 0.29) is 12.4 Å². The van der Waals surface area contributed by atoms with Gasteiger partial charge in [-0.15, -0.1) is 0 Å². The number of carbonyl (C=O) groups is 2. The highest BCUT2D eigenvalue weighted by atomic mass is 16.6. The molecule has 1 saturated heterocycles. The molecule has 0 spiro atoms. The number of hydrogen-bond donors (Lipinski definition) is 5. The van der Waals surface area contributed by atoms with Crippen LogP contribution in [-0.2, 0) is 25.5 Å². The fourth-order valence-corrected chi connectivity index (χ4v) is 2.94. The summed E-state index contributed by atoms with van der Waals surface area (Å²) in [7, 11) is 0. The molecule has 1 fully saturated rings. The van der Waals surface area contributed by atoms with Crippen molar-refractivity contribution in [2.75, 3.05) is 12.3 Å². The van der Waals surface area contributed by atoms with Crippen LogP contribution in [0.3, 0.4) is 0 Å². The maximum absolute atomic E-state index is 12.1. The first kappa shape index (κ1) is 24.9. The van der Waals surface area contributed by atoms with Crippen LogP contribution in [0.5, 0.6) is 0 Å². The minimum absolute atomic E-state index is 0.0205. The van der Waals surface area contributed by atoms with Gasteiger partial charge in [0.25, 0.3) is 5.97 Å². The Bertz CT molecular complexity index is 964. The largest absolute Gasteiger partial charge is 0.481 e. The number of aliphatic carboxylic acids is 1. The molecular weight excluding hydrogens is 424 g/mol. The lowest BCUT2D eigenvalue weighted by Gasteiger charge is -2.17. The Kier molecular flexibility index (Phi) is 8.84. The van der Waals surface area contributed by atoms with Gasteiger partial charge in [0.1, 0.15) is 36.8 Å². The van der Waals surface area contributed by atoms with Crippen molar-refractivity contribution in [2.24, 2.45) is 5.73 Å². The van der Waals surface area contributed by atoms with Crippen molar-refractivity contribution in [2.45, 2.75) is 43.9 Å². The SMILES string of the molecule is CC(=O)O.Nc1ccn([C@@H]2O[C@H](COC(=O)[C@H](N)Cc3ccccc3)[C@@H](O)[C@@H]2O)c(=O)n1. The summed E-state index contributed by atoms with van der Waals surface area (Å²) in [4.78, 5) is 36.6. The molecule has 2 heterocycles. The number of aliphatic hydroxyl groups is 2. The van der Waals surface area contributed by atoms with Gasteiger partial charge in [-0.25, -0.2) is 4.79 Å². The van der Waals surface area contributed by atoms with Crippen molar-refractivity contribution in [1.29, 1.82) is 0 Å². The van der Waals surface area contributed by atoms with E-state index in [9.17, 15) is 19.8 Å². The van der Waals surface area contributed by atoms with Gasteiger partial charge in [-0.2, -0.15) is 4.98 Å². The van der Waals surface area contributed by atoms with Crippen molar-refractivity contribution in [1.82, 2.24) is 9.55 Å². The smallest absolute Gasteiger partial charge is 0.351 e. The number of nitrogens with zero attached hydrogens (tertiary/aromatic N) is 2. The number of carbonyl (C=O) groups excluding carboxylic acids is 1. The van der Waals surface area contributed by atoms with Crippen molar-refractivity contribution >= 4 is 17.8 Å². The van der Waals surface area contributed by atoms with Gasteiger partial charge >= 0.3 is 11.7 Å². The first-order valence-corrected chi connectivity index (χ1v) is 9.62. The van der Waals surface area contributed by atoms with Gasteiger partial charge in [-0.1, -0.05) is 30.3 Å². The fraction of sp³-hybridized carbons (Fsp3) is 0.400. The van der Waals surface area contributed by atoms with Crippen molar-refractivity contribution in [3.8, 4) is 0 Å². The third kappa shape index (κ3) is 6.85. The van der Waals surface area contributed by atoms with E-state index in [1.807, 2.05) is 30.3 Å². The van der Waals surface area contributed by atoms with E-state index < -0.39 is 48.2 Å². The zero-order valence-electron chi connectivity index (χ0n) is 17.3. The number of nitrogen functional groups attached to an aromatic ring is 1. The summed E-state index contributed by atoms with van der Waals surface area (Å²) < 4.78 is 11.6. The second-order valence-electron chi connectivity index (χ2n) is 7.03. The molecule has 0 aliphatic carbocycles. The van der Waals surface area contributed by atoms with Crippen LogP contribution in [0.2, 0.25) is 0 Å². The molecule has 3 rings (SSSR count). The molecule has 0 bridgehead atoms. The highest BCUT2D eigenvalue weighted by Gasteiger charge is 2.44. The van der Waals surface area contributed by atoms with Crippen LogP contribution < -0.4 is 17.2 Å². The molecule has 0 saturated carbocycles. The lowest BCUT2D eigenvalue weighted by atomic mass is 10.1. The molecule has 1 aliphatic rings. The first-order chi connectivity index (χ1) is 15.1. The van der Waals surface area contributed by atoms with E-state index >= 15 is 0 Å². The summed E-state index contributed by atoms with van der Waals surface area (Å²) >= 11 is 0. The van der Waals surface area contributed by atoms with E-state index in [2.05, 4.69) is 4.98 Å². The van der Waals surface area contributed by atoms with Crippen molar-refractivity contribution in [3.05, 3.63) is 58.6 Å². The monoisotopic (exact) mass is 450 g/mol. The summed E-state index contributed by atoms with van der Waals surface area (Å²) in [5.41, 5.74) is 11.4. The molecule has 12 nitrogen and oxygen atoms in total. The van der Waals surface area contributed by atoms with E-state index in [0.717, 1.165) is 17.1 Å². The van der Waals surface area contributed by atoms with Gasteiger partial charge in [0.2, 0.25) is 0 Å². The Morgan fingerprint density at radius 1 is 1.22 bits per heavy atom. The van der Waals surface area contributed by atoms with Gasteiger partial charge < -0.3 is 36.3 Å². The number of nitrogens with two attached hydrogens (primary N) is 2.